The fourth-order valence-corrected chi connectivity index (χ4v) is 2.55. The highest BCUT2D eigenvalue weighted by atomic mass is 16.3. The van der Waals surface area contributed by atoms with Crippen LogP contribution in [0.25, 0.3) is 10.9 Å². The van der Waals surface area contributed by atoms with Gasteiger partial charge < -0.3 is 15.0 Å². The van der Waals surface area contributed by atoms with Crippen LogP contribution in [-0.4, -0.2) is 65.6 Å². The topological polar surface area (TPSA) is 84.3 Å². The molecule has 0 unspecified atom stereocenters. The Balaban J connectivity index is 1.67. The van der Waals surface area contributed by atoms with Crippen LogP contribution in [0, 0.1) is 0 Å². The van der Waals surface area contributed by atoms with Gasteiger partial charge >= 0.3 is 0 Å². The van der Waals surface area contributed by atoms with Gasteiger partial charge in [0.05, 0.1) is 12.1 Å². The summed E-state index contributed by atoms with van der Waals surface area (Å²) in [5, 5.41) is 18.3. The first-order valence-electron chi connectivity index (χ1n) is 7.28. The van der Waals surface area contributed by atoms with Crippen LogP contribution in [0.15, 0.2) is 34.5 Å². The normalized spacial score (nSPS) is 17.5. The number of hydrogen-bond acceptors (Lipinski definition) is 5. The molecule has 0 radical (unpaired) electrons. The Labute approximate surface area is 128 Å². The van der Waals surface area contributed by atoms with E-state index in [1.807, 2.05) is 24.3 Å². The molecule has 0 spiro atoms. The van der Waals surface area contributed by atoms with E-state index in [4.69, 9.17) is 0 Å². The van der Waals surface area contributed by atoms with Crippen molar-refractivity contribution >= 4 is 22.5 Å². The fraction of sp³-hybridized carbons (Fsp3) is 0.400. The molecule has 0 aliphatic carbocycles. The number of nitrogens with zero attached hydrogens (tertiary/aromatic N) is 4. The first kappa shape index (κ1) is 14.7. The van der Waals surface area contributed by atoms with Crippen molar-refractivity contribution in [3.8, 4) is 5.88 Å². The van der Waals surface area contributed by atoms with Crippen LogP contribution in [-0.2, 0) is 4.79 Å². The zero-order chi connectivity index (χ0) is 15.5. The highest BCUT2D eigenvalue weighted by Crippen LogP contribution is 2.35. The molecule has 1 aromatic carbocycles. The smallest absolute Gasteiger partial charge is 0.278 e. The van der Waals surface area contributed by atoms with Crippen LogP contribution in [0.5, 0.6) is 5.88 Å². The van der Waals surface area contributed by atoms with E-state index in [0.717, 1.165) is 37.1 Å². The molecule has 0 atom stereocenters. The molecule has 1 fully saturated rings. The number of carbonyl (C=O) groups excluding carboxylic acids is 1. The molecule has 1 aliphatic heterocycles. The Kier molecular flexibility index (Phi) is 4.17. The summed E-state index contributed by atoms with van der Waals surface area (Å²) in [6.07, 6.45) is 0. The van der Waals surface area contributed by atoms with E-state index in [9.17, 15) is 9.90 Å². The minimum atomic E-state index is -0.297. The van der Waals surface area contributed by atoms with E-state index in [-0.39, 0.29) is 18.3 Å². The van der Waals surface area contributed by atoms with Gasteiger partial charge in [-0.25, -0.2) is 0 Å². The number of rotatable bonds is 3. The number of benzene rings is 1. The molecule has 2 aromatic rings. The number of carbonyl (C=O) groups is 1. The summed E-state index contributed by atoms with van der Waals surface area (Å²) in [6, 6.07) is 7.36. The first-order chi connectivity index (χ1) is 10.6. The van der Waals surface area contributed by atoms with E-state index >= 15 is 0 Å². The van der Waals surface area contributed by atoms with Gasteiger partial charge in [0.25, 0.3) is 5.91 Å². The van der Waals surface area contributed by atoms with E-state index in [0.29, 0.717) is 5.69 Å². The minimum Gasteiger partial charge on any atom is -0.493 e. The van der Waals surface area contributed by atoms with Crippen molar-refractivity contribution in [1.82, 2.24) is 14.8 Å². The fourth-order valence-electron chi connectivity index (χ4n) is 2.55. The third kappa shape index (κ3) is 3.15. The van der Waals surface area contributed by atoms with Crippen molar-refractivity contribution in [2.45, 2.75) is 0 Å². The van der Waals surface area contributed by atoms with Gasteiger partial charge in [-0.3, -0.25) is 9.69 Å². The average Bonchev–Trinajstić information content (AvgIpc) is 2.83. The van der Waals surface area contributed by atoms with Crippen LogP contribution in [0.4, 0.5) is 5.69 Å². The Morgan fingerprint density at radius 2 is 2.00 bits per heavy atom. The Morgan fingerprint density at radius 3 is 2.77 bits per heavy atom. The Morgan fingerprint density at radius 1 is 1.27 bits per heavy atom. The Hall–Kier alpha value is -2.25. The van der Waals surface area contributed by atoms with E-state index in [1.54, 1.807) is 0 Å². The van der Waals surface area contributed by atoms with E-state index in [2.05, 4.69) is 32.1 Å². The number of nitrogens with one attached hydrogen (secondary N) is 1. The number of aromatic amines is 1. The van der Waals surface area contributed by atoms with E-state index in [1.165, 1.54) is 0 Å². The summed E-state index contributed by atoms with van der Waals surface area (Å²) >= 11 is 0. The molecule has 22 heavy (non-hydrogen) atoms. The summed E-state index contributed by atoms with van der Waals surface area (Å²) in [6.45, 7) is 3.88. The Bertz CT molecular complexity index is 701. The number of para-hydroxylation sites is 1. The van der Waals surface area contributed by atoms with Gasteiger partial charge in [-0.2, -0.15) is 0 Å². The molecule has 7 nitrogen and oxygen atoms in total. The maximum absolute atomic E-state index is 11.9. The molecule has 1 aliphatic rings. The van der Waals surface area contributed by atoms with Crippen LogP contribution < -0.4 is 0 Å². The van der Waals surface area contributed by atoms with E-state index < -0.39 is 0 Å². The second kappa shape index (κ2) is 6.25. The van der Waals surface area contributed by atoms with Gasteiger partial charge in [0.15, 0.2) is 5.69 Å². The number of aromatic hydroxyl groups is 1. The molecule has 0 bridgehead atoms. The van der Waals surface area contributed by atoms with Gasteiger partial charge in [-0.15, -0.1) is 10.2 Å². The molecular weight excluding hydrogens is 282 g/mol. The van der Waals surface area contributed by atoms with Crippen molar-refractivity contribution in [2.24, 2.45) is 10.2 Å². The molecule has 1 saturated heterocycles. The summed E-state index contributed by atoms with van der Waals surface area (Å²) in [4.78, 5) is 19.0. The molecule has 7 heteroatoms. The molecular formula is C15H19N5O2. The predicted molar refractivity (Wildman–Crippen MR) is 83.4 cm³/mol. The predicted octanol–water partition coefficient (Wildman–Crippen LogP) is 1.73. The zero-order valence-electron chi connectivity index (χ0n) is 12.5. The number of azo groups is 1. The number of aromatic nitrogens is 1. The number of likely N-dealkylation sites (N-methyl/N-ethyl adjacent to an activating group) is 1. The molecule has 1 amide bonds. The SMILES string of the molecule is CN1CCN(CC(=O)N=Nc2c(O)[nH]c3ccccc23)CC1. The lowest BCUT2D eigenvalue weighted by Crippen LogP contribution is -2.46. The van der Waals surface area contributed by atoms with Crippen LogP contribution in [0.1, 0.15) is 0 Å². The van der Waals surface area contributed by atoms with Crippen LogP contribution in [0.3, 0.4) is 0 Å². The zero-order valence-corrected chi connectivity index (χ0v) is 12.5. The minimum absolute atomic E-state index is 0.0719. The standard InChI is InChI=1S/C15H19N5O2/c1-19-6-8-20(9-7-19)10-13(21)17-18-14-11-4-2-3-5-12(11)16-15(14)22/h2-5,16,22H,6-10H2,1H3. The molecule has 1 aromatic heterocycles. The third-order valence-electron chi connectivity index (χ3n) is 3.88. The number of piperazine rings is 1. The van der Waals surface area contributed by atoms with Gasteiger partial charge in [-0.1, -0.05) is 18.2 Å². The van der Waals surface area contributed by atoms with Crippen molar-refractivity contribution < 1.29 is 9.90 Å². The monoisotopic (exact) mass is 301 g/mol. The molecule has 2 heterocycles. The van der Waals surface area contributed by atoms with Gasteiger partial charge in [-0.05, 0) is 13.1 Å². The molecule has 0 saturated carbocycles. The van der Waals surface area contributed by atoms with Gasteiger partial charge in [0.2, 0.25) is 5.88 Å². The largest absolute Gasteiger partial charge is 0.493 e. The molecule has 3 rings (SSSR count). The van der Waals surface area contributed by atoms with Crippen molar-refractivity contribution in [2.75, 3.05) is 39.8 Å². The lowest BCUT2D eigenvalue weighted by molar-refractivity contribution is -0.119. The van der Waals surface area contributed by atoms with Crippen molar-refractivity contribution in [3.05, 3.63) is 24.3 Å². The van der Waals surface area contributed by atoms with Crippen LogP contribution in [0.2, 0.25) is 0 Å². The summed E-state index contributed by atoms with van der Waals surface area (Å²) < 4.78 is 0. The maximum atomic E-state index is 11.9. The number of H-pyrrole nitrogens is 1. The van der Waals surface area contributed by atoms with Crippen molar-refractivity contribution in [3.63, 3.8) is 0 Å². The third-order valence-corrected chi connectivity index (χ3v) is 3.88. The summed E-state index contributed by atoms with van der Waals surface area (Å²) in [5.74, 6) is -0.369. The van der Waals surface area contributed by atoms with Crippen molar-refractivity contribution in [1.29, 1.82) is 0 Å². The number of amides is 1. The molecule has 116 valence electrons. The quantitative estimate of drug-likeness (QED) is 0.846. The number of hydrogen-bond donors (Lipinski definition) is 2. The van der Waals surface area contributed by atoms with Gasteiger partial charge in [0, 0.05) is 31.6 Å². The molecule has 2 N–H and O–H groups in total. The van der Waals surface area contributed by atoms with Gasteiger partial charge in [0.1, 0.15) is 0 Å². The summed E-state index contributed by atoms with van der Waals surface area (Å²) in [7, 11) is 2.07. The lowest BCUT2D eigenvalue weighted by atomic mass is 10.2. The van der Waals surface area contributed by atoms with Crippen LogP contribution >= 0.6 is 0 Å². The lowest BCUT2D eigenvalue weighted by Gasteiger charge is -2.31. The second-order valence-electron chi connectivity index (χ2n) is 5.54. The number of fused-ring (bicyclic) bond motifs is 1. The summed E-state index contributed by atoms with van der Waals surface area (Å²) in [5.41, 5.74) is 1.07. The highest BCUT2D eigenvalue weighted by Gasteiger charge is 2.16. The highest BCUT2D eigenvalue weighted by molar-refractivity contribution is 5.94. The maximum Gasteiger partial charge on any atom is 0.278 e. The first-order valence-corrected chi connectivity index (χ1v) is 7.28. The second-order valence-corrected chi connectivity index (χ2v) is 5.54. The average molecular weight is 301 g/mol.